The third-order valence-corrected chi connectivity index (χ3v) is 5.37. The summed E-state index contributed by atoms with van der Waals surface area (Å²) < 4.78 is 13.1. The lowest BCUT2D eigenvalue weighted by Crippen LogP contribution is -2.36. The Morgan fingerprint density at radius 3 is 2.48 bits per heavy atom. The van der Waals surface area contributed by atoms with Crippen LogP contribution in [0.15, 0.2) is 52.1 Å². The fraction of sp³-hybridized carbons (Fsp3) is 0.348. The first-order valence-electron chi connectivity index (χ1n) is 10.6. The maximum absolute atomic E-state index is 12.4. The molecule has 0 radical (unpaired) electrons. The SMILES string of the molecule is COc1ccc(OC)c(-c2ccc(=O)n(CC(=O)NCCn3nc(C4CC4)ccc3=O)n2)c1. The van der Waals surface area contributed by atoms with Gasteiger partial charge in [-0.25, -0.2) is 9.36 Å². The second kappa shape index (κ2) is 9.68. The molecule has 1 aliphatic rings. The van der Waals surface area contributed by atoms with Gasteiger partial charge in [0.05, 0.1) is 32.2 Å². The van der Waals surface area contributed by atoms with E-state index in [0.29, 0.717) is 28.7 Å². The van der Waals surface area contributed by atoms with Crippen molar-refractivity contribution in [3.63, 3.8) is 0 Å². The number of aromatic nitrogens is 4. The van der Waals surface area contributed by atoms with E-state index in [4.69, 9.17) is 9.47 Å². The lowest BCUT2D eigenvalue weighted by atomic mass is 10.1. The average molecular weight is 451 g/mol. The Labute approximate surface area is 189 Å². The summed E-state index contributed by atoms with van der Waals surface area (Å²) in [4.78, 5) is 36.7. The van der Waals surface area contributed by atoms with Gasteiger partial charge in [0, 0.05) is 30.2 Å². The minimum Gasteiger partial charge on any atom is -0.497 e. The van der Waals surface area contributed by atoms with Crippen LogP contribution >= 0.6 is 0 Å². The van der Waals surface area contributed by atoms with Crippen LogP contribution in [-0.4, -0.2) is 46.2 Å². The number of rotatable bonds is 9. The van der Waals surface area contributed by atoms with Gasteiger partial charge in [-0.05, 0) is 43.2 Å². The summed E-state index contributed by atoms with van der Waals surface area (Å²) in [6.07, 6.45) is 2.18. The normalized spacial score (nSPS) is 12.9. The molecule has 1 N–H and O–H groups in total. The van der Waals surface area contributed by atoms with Crippen LogP contribution in [0.2, 0.25) is 0 Å². The minimum atomic E-state index is -0.411. The Balaban J connectivity index is 1.43. The van der Waals surface area contributed by atoms with Crippen LogP contribution in [0.5, 0.6) is 11.5 Å². The van der Waals surface area contributed by atoms with Gasteiger partial charge >= 0.3 is 0 Å². The number of benzene rings is 1. The summed E-state index contributed by atoms with van der Waals surface area (Å²) in [6.45, 7) is 0.190. The molecule has 1 amide bonds. The number of carbonyl (C=O) groups is 1. The molecule has 0 saturated heterocycles. The molecule has 1 aromatic carbocycles. The summed E-state index contributed by atoms with van der Waals surface area (Å²) in [5, 5.41) is 11.4. The first-order chi connectivity index (χ1) is 16.0. The Bertz CT molecular complexity index is 1280. The summed E-state index contributed by atoms with van der Waals surface area (Å²) >= 11 is 0. The summed E-state index contributed by atoms with van der Waals surface area (Å²) in [6, 6.07) is 11.4. The molecule has 1 fully saturated rings. The molecule has 172 valence electrons. The standard InChI is InChI=1S/C23H25N5O5/c1-32-16-5-8-20(33-2)17(13-16)19-7-10-23(31)28(26-19)14-21(29)24-11-12-27-22(30)9-6-18(25-27)15-3-4-15/h5-10,13,15H,3-4,11-12,14H2,1-2H3,(H,24,29). The van der Waals surface area contributed by atoms with Gasteiger partial charge in [-0.3, -0.25) is 14.4 Å². The van der Waals surface area contributed by atoms with E-state index >= 15 is 0 Å². The van der Waals surface area contributed by atoms with Crippen molar-refractivity contribution < 1.29 is 14.3 Å². The summed E-state index contributed by atoms with van der Waals surface area (Å²) in [5.74, 6) is 1.20. The van der Waals surface area contributed by atoms with Gasteiger partial charge in [0.2, 0.25) is 5.91 Å². The monoisotopic (exact) mass is 451 g/mol. The van der Waals surface area contributed by atoms with Crippen LogP contribution in [0.4, 0.5) is 0 Å². The molecule has 33 heavy (non-hydrogen) atoms. The fourth-order valence-corrected chi connectivity index (χ4v) is 3.43. The maximum Gasteiger partial charge on any atom is 0.267 e. The number of ether oxygens (including phenoxy) is 2. The molecule has 3 aromatic rings. The van der Waals surface area contributed by atoms with Gasteiger partial charge in [0.25, 0.3) is 11.1 Å². The number of nitrogens with zero attached hydrogens (tertiary/aromatic N) is 4. The van der Waals surface area contributed by atoms with Crippen molar-refractivity contribution in [1.82, 2.24) is 24.9 Å². The van der Waals surface area contributed by atoms with Crippen molar-refractivity contribution in [2.24, 2.45) is 0 Å². The van der Waals surface area contributed by atoms with Crippen molar-refractivity contribution in [3.8, 4) is 22.8 Å². The lowest BCUT2D eigenvalue weighted by Gasteiger charge is -2.12. The Kier molecular flexibility index (Phi) is 6.53. The zero-order valence-corrected chi connectivity index (χ0v) is 18.5. The Morgan fingerprint density at radius 1 is 1.00 bits per heavy atom. The van der Waals surface area contributed by atoms with Crippen LogP contribution < -0.4 is 25.9 Å². The van der Waals surface area contributed by atoms with E-state index < -0.39 is 11.5 Å². The molecule has 0 atom stereocenters. The summed E-state index contributed by atoms with van der Waals surface area (Å²) in [7, 11) is 3.09. The number of amides is 1. The molecule has 0 bridgehead atoms. The molecule has 0 spiro atoms. The van der Waals surface area contributed by atoms with Gasteiger partial charge in [-0.1, -0.05) is 0 Å². The number of nitrogens with one attached hydrogen (secondary N) is 1. The first-order valence-corrected chi connectivity index (χ1v) is 10.6. The topological polar surface area (TPSA) is 117 Å². The highest BCUT2D eigenvalue weighted by Gasteiger charge is 2.25. The molecule has 10 heteroatoms. The van der Waals surface area contributed by atoms with Crippen LogP contribution in [-0.2, 0) is 17.9 Å². The first kappa shape index (κ1) is 22.3. The second-order valence-electron chi connectivity index (χ2n) is 7.72. The van der Waals surface area contributed by atoms with Crippen molar-refractivity contribution in [2.45, 2.75) is 31.8 Å². The van der Waals surface area contributed by atoms with Gasteiger partial charge < -0.3 is 14.8 Å². The maximum atomic E-state index is 12.4. The molecular weight excluding hydrogens is 426 g/mol. The molecule has 0 aliphatic heterocycles. The fourth-order valence-electron chi connectivity index (χ4n) is 3.43. The minimum absolute atomic E-state index is 0.206. The Morgan fingerprint density at radius 2 is 1.76 bits per heavy atom. The van der Waals surface area contributed by atoms with E-state index in [1.807, 2.05) is 0 Å². The number of hydrogen-bond donors (Lipinski definition) is 1. The second-order valence-corrected chi connectivity index (χ2v) is 7.72. The van der Waals surface area contributed by atoms with E-state index in [1.165, 1.54) is 23.9 Å². The van der Waals surface area contributed by atoms with E-state index in [9.17, 15) is 14.4 Å². The van der Waals surface area contributed by atoms with Crippen molar-refractivity contribution in [3.05, 3.63) is 68.9 Å². The van der Waals surface area contributed by atoms with Gasteiger partial charge in [0.15, 0.2) is 0 Å². The highest BCUT2D eigenvalue weighted by Crippen LogP contribution is 2.38. The quantitative estimate of drug-likeness (QED) is 0.519. The molecule has 10 nitrogen and oxygen atoms in total. The van der Waals surface area contributed by atoms with Gasteiger partial charge in [-0.2, -0.15) is 10.2 Å². The number of hydrogen-bond acceptors (Lipinski definition) is 7. The molecule has 4 rings (SSSR count). The number of carbonyl (C=O) groups excluding carboxylic acids is 1. The van der Waals surface area contributed by atoms with Crippen molar-refractivity contribution >= 4 is 5.91 Å². The lowest BCUT2D eigenvalue weighted by molar-refractivity contribution is -0.121. The van der Waals surface area contributed by atoms with Crippen LogP contribution in [0.25, 0.3) is 11.3 Å². The highest BCUT2D eigenvalue weighted by molar-refractivity contribution is 5.75. The van der Waals surface area contributed by atoms with Crippen LogP contribution in [0, 0.1) is 0 Å². The smallest absolute Gasteiger partial charge is 0.267 e. The zero-order chi connectivity index (χ0) is 23.4. The highest BCUT2D eigenvalue weighted by atomic mass is 16.5. The molecule has 1 aliphatic carbocycles. The zero-order valence-electron chi connectivity index (χ0n) is 18.5. The van der Waals surface area contributed by atoms with E-state index in [-0.39, 0.29) is 25.2 Å². The van der Waals surface area contributed by atoms with Crippen LogP contribution in [0.1, 0.15) is 24.5 Å². The largest absolute Gasteiger partial charge is 0.497 e. The Hall–Kier alpha value is -3.95. The summed E-state index contributed by atoms with van der Waals surface area (Å²) in [5.41, 5.74) is 1.37. The van der Waals surface area contributed by atoms with Crippen LogP contribution in [0.3, 0.4) is 0 Å². The van der Waals surface area contributed by atoms with Crippen molar-refractivity contribution in [1.29, 1.82) is 0 Å². The van der Waals surface area contributed by atoms with E-state index in [1.54, 1.807) is 37.4 Å². The average Bonchev–Trinajstić information content (AvgIpc) is 3.67. The molecule has 2 heterocycles. The van der Waals surface area contributed by atoms with E-state index in [0.717, 1.165) is 23.2 Å². The van der Waals surface area contributed by atoms with E-state index in [2.05, 4.69) is 15.5 Å². The van der Waals surface area contributed by atoms with Gasteiger partial charge in [0.1, 0.15) is 18.0 Å². The third-order valence-electron chi connectivity index (χ3n) is 5.37. The molecular formula is C23H25N5O5. The van der Waals surface area contributed by atoms with Crippen molar-refractivity contribution in [2.75, 3.05) is 20.8 Å². The predicted molar refractivity (Wildman–Crippen MR) is 121 cm³/mol. The predicted octanol–water partition coefficient (Wildman–Crippen LogP) is 1.18. The molecule has 0 unspecified atom stereocenters. The molecule has 2 aromatic heterocycles. The third kappa shape index (κ3) is 5.28. The van der Waals surface area contributed by atoms with Gasteiger partial charge in [-0.15, -0.1) is 0 Å². The molecule has 1 saturated carbocycles. The number of methoxy groups -OCH3 is 2.